The number of fused-ring (bicyclic) bond motifs is 1. The van der Waals surface area contributed by atoms with Gasteiger partial charge < -0.3 is 14.6 Å². The number of nitrogens with one attached hydrogen (secondary N) is 1. The van der Waals surface area contributed by atoms with Gasteiger partial charge in [0.25, 0.3) is 0 Å². The number of anilines is 2. The summed E-state index contributed by atoms with van der Waals surface area (Å²) in [6.07, 6.45) is 3.41. The Labute approximate surface area is 186 Å². The van der Waals surface area contributed by atoms with Gasteiger partial charge in [-0.15, -0.1) is 0 Å². The Hall–Kier alpha value is -3.60. The van der Waals surface area contributed by atoms with Gasteiger partial charge in [-0.1, -0.05) is 18.2 Å². The molecule has 6 nitrogen and oxygen atoms in total. The van der Waals surface area contributed by atoms with Gasteiger partial charge in [0, 0.05) is 35.1 Å². The van der Waals surface area contributed by atoms with E-state index in [4.69, 9.17) is 0 Å². The Morgan fingerprint density at radius 3 is 2.42 bits per heavy atom. The number of rotatable bonds is 8. The number of aromatic nitrogens is 2. The Balaban J connectivity index is 1.58. The van der Waals surface area contributed by atoms with E-state index in [2.05, 4.69) is 15.0 Å². The number of ether oxygens (including phenoxy) is 1. The average molecular weight is 479 g/mol. The zero-order chi connectivity index (χ0) is 23.6. The Bertz CT molecular complexity index is 1370. The van der Waals surface area contributed by atoms with Gasteiger partial charge in [-0.05, 0) is 36.4 Å². The normalized spacial score (nSPS) is 11.9. The minimum atomic E-state index is -4.67. The van der Waals surface area contributed by atoms with Crippen molar-refractivity contribution in [1.29, 1.82) is 0 Å². The summed E-state index contributed by atoms with van der Waals surface area (Å²) in [5, 5.41) is 3.80. The first-order valence-electron chi connectivity index (χ1n) is 9.61. The summed E-state index contributed by atoms with van der Waals surface area (Å²) in [6, 6.07) is 15.0. The van der Waals surface area contributed by atoms with Crippen LogP contribution in [0.15, 0.2) is 78.0 Å². The SMILES string of the molecule is O=S(=O)(c1ccc(Nc2cc3c(ccn3Cc3ccccc3OC(F)F)cn2)cc1)C(F)F. The van der Waals surface area contributed by atoms with Crippen LogP contribution in [-0.4, -0.2) is 30.3 Å². The zero-order valence-corrected chi connectivity index (χ0v) is 17.6. The second kappa shape index (κ2) is 9.10. The third kappa shape index (κ3) is 4.92. The van der Waals surface area contributed by atoms with Gasteiger partial charge in [-0.25, -0.2) is 13.4 Å². The number of hydrogen-bond donors (Lipinski definition) is 1. The second-order valence-electron chi connectivity index (χ2n) is 7.01. The van der Waals surface area contributed by atoms with E-state index in [1.54, 1.807) is 36.7 Å². The number of halogens is 4. The maximum absolute atomic E-state index is 12.7. The average Bonchev–Trinajstić information content (AvgIpc) is 3.17. The molecular weight excluding hydrogens is 462 g/mol. The first-order chi connectivity index (χ1) is 15.7. The fourth-order valence-electron chi connectivity index (χ4n) is 3.30. The molecule has 4 rings (SSSR count). The molecule has 0 aliphatic carbocycles. The lowest BCUT2D eigenvalue weighted by Gasteiger charge is -2.12. The van der Waals surface area contributed by atoms with Crippen LogP contribution in [0.25, 0.3) is 10.9 Å². The van der Waals surface area contributed by atoms with Gasteiger partial charge in [0.1, 0.15) is 11.6 Å². The van der Waals surface area contributed by atoms with E-state index >= 15 is 0 Å². The van der Waals surface area contributed by atoms with Gasteiger partial charge in [-0.2, -0.15) is 17.6 Å². The van der Waals surface area contributed by atoms with Crippen LogP contribution in [0.2, 0.25) is 0 Å². The van der Waals surface area contributed by atoms with Crippen LogP contribution in [0.5, 0.6) is 5.75 Å². The predicted molar refractivity (Wildman–Crippen MR) is 115 cm³/mol. The standard InChI is InChI=1S/C22H17F4N3O3S/c23-21(24)32-19-4-2-1-3-15(19)13-29-10-9-14-12-27-20(11-18(14)29)28-16-5-7-17(8-6-16)33(30,31)22(25)26/h1-12,21-22H,13H2,(H,27,28). The zero-order valence-electron chi connectivity index (χ0n) is 16.8. The number of para-hydroxylation sites is 1. The fourth-order valence-corrected chi connectivity index (χ4v) is 4.02. The van der Waals surface area contributed by atoms with E-state index in [1.165, 1.54) is 18.2 Å². The van der Waals surface area contributed by atoms with Crippen LogP contribution < -0.4 is 10.1 Å². The minimum Gasteiger partial charge on any atom is -0.434 e. The van der Waals surface area contributed by atoms with Crippen LogP contribution in [-0.2, 0) is 16.4 Å². The number of benzene rings is 2. The Kier molecular flexibility index (Phi) is 6.23. The summed E-state index contributed by atoms with van der Waals surface area (Å²) in [4.78, 5) is 3.81. The first kappa shape index (κ1) is 22.6. The Morgan fingerprint density at radius 1 is 1.00 bits per heavy atom. The maximum atomic E-state index is 12.7. The van der Waals surface area contributed by atoms with Crippen molar-refractivity contribution in [2.24, 2.45) is 0 Å². The maximum Gasteiger partial charge on any atom is 0.387 e. The number of pyridine rings is 1. The van der Waals surface area contributed by atoms with Gasteiger partial charge in [-0.3, -0.25) is 0 Å². The van der Waals surface area contributed by atoms with Gasteiger partial charge >= 0.3 is 12.4 Å². The molecule has 11 heteroatoms. The molecule has 2 aromatic heterocycles. The summed E-state index contributed by atoms with van der Waals surface area (Å²) in [7, 11) is -4.67. The van der Waals surface area contributed by atoms with Crippen LogP contribution in [0, 0.1) is 0 Å². The summed E-state index contributed by atoms with van der Waals surface area (Å²) in [6.45, 7) is -2.66. The largest absolute Gasteiger partial charge is 0.434 e. The second-order valence-corrected chi connectivity index (χ2v) is 8.93. The molecule has 1 N–H and O–H groups in total. The molecule has 0 aliphatic rings. The lowest BCUT2D eigenvalue weighted by atomic mass is 10.2. The molecule has 33 heavy (non-hydrogen) atoms. The highest BCUT2D eigenvalue weighted by Crippen LogP contribution is 2.26. The number of hydrogen-bond acceptors (Lipinski definition) is 5. The van der Waals surface area contributed by atoms with Crippen molar-refractivity contribution in [3.8, 4) is 5.75 Å². The van der Waals surface area contributed by atoms with Gasteiger partial charge in [0.05, 0.1) is 17.0 Å². The molecule has 0 saturated heterocycles. The van der Waals surface area contributed by atoms with E-state index in [1.807, 2.05) is 10.6 Å². The van der Waals surface area contributed by atoms with Crippen LogP contribution in [0.3, 0.4) is 0 Å². The third-order valence-electron chi connectivity index (χ3n) is 4.87. The fraction of sp³-hybridized carbons (Fsp3) is 0.136. The first-order valence-corrected chi connectivity index (χ1v) is 11.2. The van der Waals surface area contributed by atoms with E-state index in [0.717, 1.165) is 23.0 Å². The molecule has 2 aromatic carbocycles. The molecule has 0 fully saturated rings. The summed E-state index contributed by atoms with van der Waals surface area (Å²) < 4.78 is 80.3. The van der Waals surface area contributed by atoms with E-state index in [9.17, 15) is 26.0 Å². The van der Waals surface area contributed by atoms with Crippen LogP contribution >= 0.6 is 0 Å². The summed E-state index contributed by atoms with van der Waals surface area (Å²) in [5.74, 6) is -2.99. The van der Waals surface area contributed by atoms with Crippen LogP contribution in [0.1, 0.15) is 5.56 Å². The molecule has 0 amide bonds. The molecule has 2 heterocycles. The quantitative estimate of drug-likeness (QED) is 0.342. The van der Waals surface area contributed by atoms with Crippen molar-refractivity contribution in [2.75, 3.05) is 5.32 Å². The van der Waals surface area contributed by atoms with Crippen molar-refractivity contribution < 1.29 is 30.7 Å². The summed E-state index contributed by atoms with van der Waals surface area (Å²) in [5.41, 5.74) is 1.78. The molecule has 4 aromatic rings. The van der Waals surface area contributed by atoms with E-state index in [-0.39, 0.29) is 12.3 Å². The highest BCUT2D eigenvalue weighted by atomic mass is 32.2. The van der Waals surface area contributed by atoms with E-state index in [0.29, 0.717) is 17.1 Å². The summed E-state index contributed by atoms with van der Waals surface area (Å²) >= 11 is 0. The van der Waals surface area contributed by atoms with Gasteiger partial charge in [0.2, 0.25) is 9.84 Å². The highest BCUT2D eigenvalue weighted by molar-refractivity contribution is 7.91. The monoisotopic (exact) mass is 479 g/mol. The molecule has 0 spiro atoms. The van der Waals surface area contributed by atoms with Crippen molar-refractivity contribution in [2.45, 2.75) is 23.8 Å². The number of sulfone groups is 1. The lowest BCUT2D eigenvalue weighted by molar-refractivity contribution is -0.0504. The van der Waals surface area contributed by atoms with Crippen molar-refractivity contribution in [3.05, 3.63) is 78.6 Å². The molecule has 0 bridgehead atoms. The molecule has 0 unspecified atom stereocenters. The third-order valence-corrected chi connectivity index (χ3v) is 6.27. The van der Waals surface area contributed by atoms with Crippen molar-refractivity contribution in [1.82, 2.24) is 9.55 Å². The smallest absolute Gasteiger partial charge is 0.387 e. The molecule has 0 atom stereocenters. The highest BCUT2D eigenvalue weighted by Gasteiger charge is 2.26. The van der Waals surface area contributed by atoms with Crippen LogP contribution in [0.4, 0.5) is 29.1 Å². The molecule has 0 saturated carbocycles. The molecule has 172 valence electrons. The van der Waals surface area contributed by atoms with Crippen molar-refractivity contribution in [3.63, 3.8) is 0 Å². The van der Waals surface area contributed by atoms with Gasteiger partial charge in [0.15, 0.2) is 0 Å². The number of alkyl halides is 4. The Morgan fingerprint density at radius 2 is 1.73 bits per heavy atom. The molecule has 0 aliphatic heterocycles. The minimum absolute atomic E-state index is 0.0839. The van der Waals surface area contributed by atoms with E-state index < -0.39 is 27.1 Å². The number of nitrogens with zero attached hydrogens (tertiary/aromatic N) is 2. The topological polar surface area (TPSA) is 73.2 Å². The molecule has 0 radical (unpaired) electrons. The lowest BCUT2D eigenvalue weighted by Crippen LogP contribution is -2.11. The predicted octanol–water partition coefficient (Wildman–Crippen LogP) is 5.43. The molecular formula is C22H17F4N3O3S. The van der Waals surface area contributed by atoms with Crippen molar-refractivity contribution >= 4 is 32.2 Å².